The predicted molar refractivity (Wildman–Crippen MR) is 69.0 cm³/mol. The van der Waals surface area contributed by atoms with Crippen molar-refractivity contribution in [1.29, 1.82) is 0 Å². The van der Waals surface area contributed by atoms with Crippen LogP contribution in [-0.4, -0.2) is 28.8 Å². The highest BCUT2D eigenvalue weighted by molar-refractivity contribution is 6.31. The van der Waals surface area contributed by atoms with E-state index in [1.54, 1.807) is 19.9 Å². The van der Waals surface area contributed by atoms with E-state index in [2.05, 4.69) is 5.32 Å². The molecular weight excluding hydrogens is 271 g/mol. The lowest BCUT2D eigenvalue weighted by atomic mass is 10.1. The molecule has 1 N–H and O–H groups in total. The molecule has 1 heterocycles. The number of carbonyl (C=O) groups excluding carboxylic acids is 2. The van der Waals surface area contributed by atoms with Gasteiger partial charge in [0, 0.05) is 6.54 Å². The van der Waals surface area contributed by atoms with Crippen LogP contribution in [0.4, 0.5) is 4.39 Å². The monoisotopic (exact) mass is 284 g/mol. The van der Waals surface area contributed by atoms with Gasteiger partial charge in [-0.3, -0.25) is 9.59 Å². The molecule has 2 amide bonds. The molecule has 0 spiro atoms. The van der Waals surface area contributed by atoms with Gasteiger partial charge in [-0.1, -0.05) is 23.7 Å². The smallest absolute Gasteiger partial charge is 0.245 e. The summed E-state index contributed by atoms with van der Waals surface area (Å²) >= 11 is 5.87. The number of benzene rings is 1. The third-order valence-electron chi connectivity index (χ3n) is 3.23. The highest BCUT2D eigenvalue weighted by atomic mass is 35.5. The zero-order valence-electron chi connectivity index (χ0n) is 10.6. The van der Waals surface area contributed by atoms with Gasteiger partial charge in [0.15, 0.2) is 0 Å². The van der Waals surface area contributed by atoms with Crippen LogP contribution in [-0.2, 0) is 16.1 Å². The lowest BCUT2D eigenvalue weighted by Crippen LogP contribution is -2.60. The number of amides is 2. The van der Waals surface area contributed by atoms with Crippen molar-refractivity contribution in [3.05, 3.63) is 34.6 Å². The lowest BCUT2D eigenvalue weighted by Gasteiger charge is -2.36. The molecule has 0 aliphatic carbocycles. The summed E-state index contributed by atoms with van der Waals surface area (Å²) in [6.45, 7) is 3.37. The summed E-state index contributed by atoms with van der Waals surface area (Å²) in [7, 11) is 0. The van der Waals surface area contributed by atoms with Crippen LogP contribution >= 0.6 is 11.6 Å². The van der Waals surface area contributed by atoms with Gasteiger partial charge in [-0.15, -0.1) is 0 Å². The van der Waals surface area contributed by atoms with Crippen molar-refractivity contribution in [1.82, 2.24) is 10.2 Å². The van der Waals surface area contributed by atoms with Gasteiger partial charge < -0.3 is 10.2 Å². The summed E-state index contributed by atoms with van der Waals surface area (Å²) in [6, 6.07) is 3.25. The Bertz CT molecular complexity index is 535. The number of nitrogens with one attached hydrogen (secondary N) is 1. The van der Waals surface area contributed by atoms with E-state index < -0.39 is 17.9 Å². The van der Waals surface area contributed by atoms with E-state index in [9.17, 15) is 14.0 Å². The second-order valence-electron chi connectivity index (χ2n) is 4.59. The summed E-state index contributed by atoms with van der Waals surface area (Å²) in [5.41, 5.74) is 0.490. The van der Waals surface area contributed by atoms with Crippen LogP contribution in [0, 0.1) is 5.82 Å². The number of halogens is 2. The molecule has 0 radical (unpaired) electrons. The molecule has 1 fully saturated rings. The summed E-state index contributed by atoms with van der Waals surface area (Å²) in [6.07, 6.45) is 0. The quantitative estimate of drug-likeness (QED) is 0.899. The van der Waals surface area contributed by atoms with E-state index in [0.717, 1.165) is 0 Å². The highest BCUT2D eigenvalue weighted by Gasteiger charge is 2.35. The second kappa shape index (κ2) is 5.17. The number of piperazine rings is 1. The lowest BCUT2D eigenvalue weighted by molar-refractivity contribution is -0.148. The van der Waals surface area contributed by atoms with Crippen molar-refractivity contribution in [2.45, 2.75) is 32.5 Å². The zero-order valence-corrected chi connectivity index (χ0v) is 11.4. The van der Waals surface area contributed by atoms with Gasteiger partial charge in [0.05, 0.1) is 5.02 Å². The van der Waals surface area contributed by atoms with Crippen molar-refractivity contribution < 1.29 is 14.0 Å². The summed E-state index contributed by atoms with van der Waals surface area (Å²) in [5, 5.41) is 2.57. The number of hydrogen-bond acceptors (Lipinski definition) is 2. The van der Waals surface area contributed by atoms with E-state index in [1.165, 1.54) is 17.0 Å². The second-order valence-corrected chi connectivity index (χ2v) is 4.96. The Labute approximate surface area is 115 Å². The third kappa shape index (κ3) is 2.56. The maximum Gasteiger partial charge on any atom is 0.245 e. The van der Waals surface area contributed by atoms with Crippen molar-refractivity contribution in [2.24, 2.45) is 0 Å². The van der Waals surface area contributed by atoms with Gasteiger partial charge in [-0.05, 0) is 25.5 Å². The number of rotatable bonds is 2. The molecule has 19 heavy (non-hydrogen) atoms. The average molecular weight is 285 g/mol. The fraction of sp³-hybridized carbons (Fsp3) is 0.385. The van der Waals surface area contributed by atoms with Gasteiger partial charge in [-0.25, -0.2) is 4.39 Å². The van der Waals surface area contributed by atoms with E-state index >= 15 is 0 Å². The molecule has 2 atom stereocenters. The van der Waals surface area contributed by atoms with Crippen LogP contribution in [0.15, 0.2) is 18.2 Å². The van der Waals surface area contributed by atoms with Crippen LogP contribution in [0.3, 0.4) is 0 Å². The molecule has 2 unspecified atom stereocenters. The highest BCUT2D eigenvalue weighted by Crippen LogP contribution is 2.23. The molecule has 102 valence electrons. The van der Waals surface area contributed by atoms with Gasteiger partial charge in [-0.2, -0.15) is 0 Å². The van der Waals surface area contributed by atoms with Gasteiger partial charge in [0.1, 0.15) is 17.9 Å². The summed E-state index contributed by atoms with van der Waals surface area (Å²) in [4.78, 5) is 25.2. The normalized spacial score (nSPS) is 23.5. The van der Waals surface area contributed by atoms with E-state index in [4.69, 9.17) is 11.6 Å². The maximum absolute atomic E-state index is 13.4. The molecular formula is C13H14ClFN2O2. The Balaban J connectivity index is 2.28. The Hall–Kier alpha value is -1.62. The predicted octanol–water partition coefficient (Wildman–Crippen LogP) is 1.71. The first-order valence-electron chi connectivity index (χ1n) is 5.95. The zero-order chi connectivity index (χ0) is 14.2. The van der Waals surface area contributed by atoms with Crippen molar-refractivity contribution in [2.75, 3.05) is 0 Å². The van der Waals surface area contributed by atoms with Crippen LogP contribution in [0.5, 0.6) is 0 Å². The third-order valence-corrected chi connectivity index (χ3v) is 3.65. The minimum atomic E-state index is -0.594. The van der Waals surface area contributed by atoms with E-state index in [0.29, 0.717) is 5.56 Å². The van der Waals surface area contributed by atoms with E-state index in [1.807, 2.05) is 0 Å². The Morgan fingerprint density at radius 2 is 2.05 bits per heavy atom. The molecule has 0 saturated carbocycles. The first-order valence-corrected chi connectivity index (χ1v) is 6.33. The minimum absolute atomic E-state index is 0.0128. The first kappa shape index (κ1) is 13.8. The minimum Gasteiger partial charge on any atom is -0.343 e. The summed E-state index contributed by atoms with van der Waals surface area (Å²) < 4.78 is 13.4. The van der Waals surface area contributed by atoms with Gasteiger partial charge in [0.2, 0.25) is 11.8 Å². The van der Waals surface area contributed by atoms with Gasteiger partial charge in [0.25, 0.3) is 0 Å². The van der Waals surface area contributed by atoms with Crippen LogP contribution in [0.2, 0.25) is 5.02 Å². The number of carbonyl (C=O) groups is 2. The topological polar surface area (TPSA) is 49.4 Å². The Morgan fingerprint density at radius 3 is 2.74 bits per heavy atom. The fourth-order valence-electron chi connectivity index (χ4n) is 2.05. The van der Waals surface area contributed by atoms with Crippen molar-refractivity contribution in [3.63, 3.8) is 0 Å². The molecule has 0 aromatic heterocycles. The standard InChI is InChI=1S/C13H14ClFN2O2/c1-7-13(19)17(8(2)12(18)16-7)6-9-4-3-5-10(15)11(9)14/h3-5,7-8H,6H2,1-2H3,(H,16,18). The molecule has 2 rings (SSSR count). The van der Waals surface area contributed by atoms with Crippen LogP contribution in [0.1, 0.15) is 19.4 Å². The molecule has 4 nitrogen and oxygen atoms in total. The molecule has 0 bridgehead atoms. The number of hydrogen-bond donors (Lipinski definition) is 1. The summed E-state index contributed by atoms with van der Waals surface area (Å²) in [5.74, 6) is -0.958. The number of nitrogens with zero attached hydrogens (tertiary/aromatic N) is 1. The molecule has 1 saturated heterocycles. The maximum atomic E-state index is 13.4. The van der Waals surface area contributed by atoms with Gasteiger partial charge >= 0.3 is 0 Å². The molecule has 1 aliphatic rings. The van der Waals surface area contributed by atoms with Crippen molar-refractivity contribution >= 4 is 23.4 Å². The first-order chi connectivity index (χ1) is 8.91. The Morgan fingerprint density at radius 1 is 1.37 bits per heavy atom. The molecule has 1 aromatic rings. The largest absolute Gasteiger partial charge is 0.343 e. The van der Waals surface area contributed by atoms with Crippen LogP contribution < -0.4 is 5.32 Å². The average Bonchev–Trinajstić information content (AvgIpc) is 2.37. The van der Waals surface area contributed by atoms with Crippen molar-refractivity contribution in [3.8, 4) is 0 Å². The fourth-order valence-corrected chi connectivity index (χ4v) is 2.23. The SMILES string of the molecule is CC1NC(=O)C(C)N(Cc2cccc(F)c2Cl)C1=O. The van der Waals surface area contributed by atoms with Crippen LogP contribution in [0.25, 0.3) is 0 Å². The Kier molecular flexibility index (Phi) is 3.75. The molecule has 1 aromatic carbocycles. The van der Waals surface area contributed by atoms with E-state index in [-0.39, 0.29) is 23.4 Å². The molecule has 1 aliphatic heterocycles. The molecule has 6 heteroatoms.